The molecule has 0 radical (unpaired) electrons. The molecule has 0 aromatic heterocycles. The molecule has 8 heteroatoms. The SMILES string of the molecule is O=C(CCC(O)c1ccccc1C(F)(F)F)C1C=C(O)C2=C(C1)OCCO2. The van der Waals surface area contributed by atoms with Crippen molar-refractivity contribution in [2.24, 2.45) is 5.92 Å². The number of hydrogen-bond donors (Lipinski definition) is 2. The summed E-state index contributed by atoms with van der Waals surface area (Å²) in [5.41, 5.74) is -1.17. The van der Waals surface area contributed by atoms with E-state index in [1.807, 2.05) is 0 Å². The Balaban J connectivity index is 1.64. The van der Waals surface area contributed by atoms with Crippen LogP contribution in [0.4, 0.5) is 13.2 Å². The number of allylic oxidation sites excluding steroid dienone is 2. The molecule has 0 fully saturated rings. The zero-order valence-electron chi connectivity index (χ0n) is 14.3. The number of Topliss-reactive ketones (excluding diaryl/α,β-unsaturated/α-hetero) is 1. The number of aliphatic hydroxyl groups is 2. The van der Waals surface area contributed by atoms with E-state index >= 15 is 0 Å². The van der Waals surface area contributed by atoms with Crippen molar-refractivity contribution in [3.05, 3.63) is 58.7 Å². The Kier molecular flexibility index (Phi) is 5.46. The van der Waals surface area contributed by atoms with Gasteiger partial charge in [-0.05, 0) is 24.1 Å². The minimum Gasteiger partial charge on any atom is -0.504 e. The van der Waals surface area contributed by atoms with Crippen molar-refractivity contribution >= 4 is 5.78 Å². The number of carbonyl (C=O) groups excluding carboxylic acids is 1. The van der Waals surface area contributed by atoms with Crippen LogP contribution in [-0.2, 0) is 20.4 Å². The number of hydrogen-bond acceptors (Lipinski definition) is 5. The van der Waals surface area contributed by atoms with Gasteiger partial charge in [0.1, 0.15) is 24.8 Å². The Morgan fingerprint density at radius 1 is 1.22 bits per heavy atom. The molecular weight excluding hydrogens is 365 g/mol. The lowest BCUT2D eigenvalue weighted by atomic mass is 9.89. The van der Waals surface area contributed by atoms with E-state index in [1.54, 1.807) is 0 Å². The molecule has 1 aromatic carbocycles. The topological polar surface area (TPSA) is 76.0 Å². The molecule has 27 heavy (non-hydrogen) atoms. The molecule has 2 aliphatic rings. The van der Waals surface area contributed by atoms with Crippen LogP contribution in [0.15, 0.2) is 47.6 Å². The molecule has 0 saturated carbocycles. The average Bonchev–Trinajstić information content (AvgIpc) is 2.65. The van der Waals surface area contributed by atoms with Crippen LogP contribution in [0.5, 0.6) is 0 Å². The molecule has 1 aromatic rings. The summed E-state index contributed by atoms with van der Waals surface area (Å²) in [6.07, 6.45) is -4.72. The first-order chi connectivity index (χ1) is 12.8. The molecule has 1 heterocycles. The van der Waals surface area contributed by atoms with Crippen LogP contribution in [0, 0.1) is 5.92 Å². The van der Waals surface area contributed by atoms with Crippen molar-refractivity contribution in [2.75, 3.05) is 13.2 Å². The Bertz CT molecular complexity index is 782. The lowest BCUT2D eigenvalue weighted by Gasteiger charge is -2.27. The second-order valence-electron chi connectivity index (χ2n) is 6.42. The van der Waals surface area contributed by atoms with Crippen molar-refractivity contribution < 1.29 is 37.7 Å². The Morgan fingerprint density at radius 2 is 1.93 bits per heavy atom. The fourth-order valence-corrected chi connectivity index (χ4v) is 3.22. The minimum atomic E-state index is -4.58. The van der Waals surface area contributed by atoms with Crippen LogP contribution >= 0.6 is 0 Å². The summed E-state index contributed by atoms with van der Waals surface area (Å²) in [5, 5.41) is 20.2. The highest BCUT2D eigenvalue weighted by Crippen LogP contribution is 2.36. The Hall–Kier alpha value is -2.48. The van der Waals surface area contributed by atoms with Gasteiger partial charge in [-0.1, -0.05) is 18.2 Å². The monoisotopic (exact) mass is 384 g/mol. The van der Waals surface area contributed by atoms with Crippen LogP contribution in [0.25, 0.3) is 0 Å². The Morgan fingerprint density at radius 3 is 2.67 bits per heavy atom. The quantitative estimate of drug-likeness (QED) is 0.808. The average molecular weight is 384 g/mol. The highest BCUT2D eigenvalue weighted by molar-refractivity contribution is 5.83. The summed E-state index contributed by atoms with van der Waals surface area (Å²) in [6, 6.07) is 4.76. The number of carbonyl (C=O) groups is 1. The first-order valence-corrected chi connectivity index (χ1v) is 8.54. The van der Waals surface area contributed by atoms with Gasteiger partial charge < -0.3 is 19.7 Å². The van der Waals surface area contributed by atoms with Gasteiger partial charge in [-0.2, -0.15) is 13.2 Å². The lowest BCUT2D eigenvalue weighted by molar-refractivity contribution is -0.139. The van der Waals surface area contributed by atoms with Crippen molar-refractivity contribution in [2.45, 2.75) is 31.5 Å². The van der Waals surface area contributed by atoms with Crippen LogP contribution in [0.3, 0.4) is 0 Å². The molecule has 1 aliphatic carbocycles. The molecular formula is C19H19F3O5. The second kappa shape index (κ2) is 7.64. The third kappa shape index (κ3) is 4.27. The van der Waals surface area contributed by atoms with Crippen LogP contribution in [0.2, 0.25) is 0 Å². The van der Waals surface area contributed by atoms with Crippen molar-refractivity contribution in [3.8, 4) is 0 Å². The van der Waals surface area contributed by atoms with Gasteiger partial charge in [0.25, 0.3) is 0 Å². The summed E-state index contributed by atoms with van der Waals surface area (Å²) in [7, 11) is 0. The van der Waals surface area contributed by atoms with E-state index in [-0.39, 0.29) is 42.1 Å². The van der Waals surface area contributed by atoms with Crippen LogP contribution < -0.4 is 0 Å². The van der Waals surface area contributed by atoms with Crippen molar-refractivity contribution in [1.29, 1.82) is 0 Å². The normalized spacial score (nSPS) is 20.9. The fraction of sp³-hybridized carbons (Fsp3) is 0.421. The fourth-order valence-electron chi connectivity index (χ4n) is 3.22. The molecule has 2 atom stereocenters. The van der Waals surface area contributed by atoms with Gasteiger partial charge in [0.15, 0.2) is 11.5 Å². The van der Waals surface area contributed by atoms with E-state index in [0.717, 1.165) is 6.07 Å². The van der Waals surface area contributed by atoms with Gasteiger partial charge in [-0.25, -0.2) is 0 Å². The first-order valence-electron chi connectivity index (χ1n) is 8.54. The minimum absolute atomic E-state index is 0.134. The van der Waals surface area contributed by atoms with Gasteiger partial charge in [0.05, 0.1) is 11.7 Å². The van der Waals surface area contributed by atoms with E-state index < -0.39 is 23.8 Å². The molecule has 3 rings (SSSR count). The number of alkyl halides is 3. The van der Waals surface area contributed by atoms with E-state index in [2.05, 4.69) is 0 Å². The number of ether oxygens (including phenoxy) is 2. The van der Waals surface area contributed by atoms with Crippen LogP contribution in [-0.4, -0.2) is 29.2 Å². The molecule has 2 N–H and O–H groups in total. The number of halogens is 3. The molecule has 0 amide bonds. The molecule has 0 saturated heterocycles. The van der Waals surface area contributed by atoms with Gasteiger partial charge in [0, 0.05) is 18.8 Å². The smallest absolute Gasteiger partial charge is 0.416 e. The van der Waals surface area contributed by atoms with E-state index in [1.165, 1.54) is 24.3 Å². The zero-order chi connectivity index (χ0) is 19.6. The maximum atomic E-state index is 13.1. The van der Waals surface area contributed by atoms with Gasteiger partial charge in [0.2, 0.25) is 0 Å². The molecule has 0 spiro atoms. The predicted octanol–water partition coefficient (Wildman–Crippen LogP) is 3.81. The van der Waals surface area contributed by atoms with E-state index in [9.17, 15) is 28.2 Å². The highest BCUT2D eigenvalue weighted by atomic mass is 19.4. The zero-order valence-corrected chi connectivity index (χ0v) is 14.3. The number of ketones is 1. The standard InChI is InChI=1S/C19H19F3O5/c20-19(21,22)13-4-2-1-3-12(13)15(24)6-5-14(23)11-9-16(25)18-17(10-11)26-7-8-27-18/h1-4,9,11,15,24-25H,5-8,10H2. The first kappa shape index (κ1) is 19.3. The predicted molar refractivity (Wildman–Crippen MR) is 88.4 cm³/mol. The van der Waals surface area contributed by atoms with Crippen molar-refractivity contribution in [3.63, 3.8) is 0 Å². The van der Waals surface area contributed by atoms with E-state index in [4.69, 9.17) is 9.47 Å². The third-order valence-corrected chi connectivity index (χ3v) is 4.56. The summed E-state index contributed by atoms with van der Waals surface area (Å²) in [4.78, 5) is 12.4. The summed E-state index contributed by atoms with van der Waals surface area (Å²) >= 11 is 0. The summed E-state index contributed by atoms with van der Waals surface area (Å²) in [5.74, 6) is -0.536. The third-order valence-electron chi connectivity index (χ3n) is 4.56. The maximum Gasteiger partial charge on any atom is 0.416 e. The number of aliphatic hydroxyl groups excluding tert-OH is 2. The van der Waals surface area contributed by atoms with Crippen LogP contribution in [0.1, 0.15) is 36.5 Å². The van der Waals surface area contributed by atoms with E-state index in [0.29, 0.717) is 19.0 Å². The molecule has 2 unspecified atom stereocenters. The largest absolute Gasteiger partial charge is 0.504 e. The Labute approximate surface area is 153 Å². The lowest BCUT2D eigenvalue weighted by Crippen LogP contribution is -2.24. The number of benzene rings is 1. The van der Waals surface area contributed by atoms with Crippen molar-refractivity contribution in [1.82, 2.24) is 0 Å². The summed E-state index contributed by atoms with van der Waals surface area (Å²) in [6.45, 7) is 0.625. The van der Waals surface area contributed by atoms with Gasteiger partial charge in [-0.15, -0.1) is 0 Å². The van der Waals surface area contributed by atoms with Gasteiger partial charge in [-0.3, -0.25) is 4.79 Å². The second-order valence-corrected chi connectivity index (χ2v) is 6.42. The molecule has 1 aliphatic heterocycles. The highest BCUT2D eigenvalue weighted by Gasteiger charge is 2.35. The maximum absolute atomic E-state index is 13.1. The molecule has 5 nitrogen and oxygen atoms in total. The summed E-state index contributed by atoms with van der Waals surface area (Å²) < 4.78 is 49.9. The van der Waals surface area contributed by atoms with Gasteiger partial charge >= 0.3 is 6.18 Å². The molecule has 0 bridgehead atoms. The molecule has 146 valence electrons. The number of rotatable bonds is 5.